The molecule has 1 aliphatic rings. The summed E-state index contributed by atoms with van der Waals surface area (Å²) in [5.41, 5.74) is 3.53. The van der Waals surface area contributed by atoms with E-state index in [2.05, 4.69) is 4.74 Å². The first kappa shape index (κ1) is 22.1. The summed E-state index contributed by atoms with van der Waals surface area (Å²) in [6, 6.07) is 13.5. The minimum absolute atomic E-state index is 0.130. The van der Waals surface area contributed by atoms with E-state index in [0.717, 1.165) is 28.7 Å². The quantitative estimate of drug-likeness (QED) is 0.447. The zero-order valence-electron chi connectivity index (χ0n) is 17.3. The van der Waals surface area contributed by atoms with Crippen molar-refractivity contribution in [1.29, 1.82) is 0 Å². The molecule has 160 valence electrons. The minimum Gasteiger partial charge on any atom is -0.489 e. The Kier molecular flexibility index (Phi) is 7.29. The Morgan fingerprint density at radius 2 is 1.83 bits per heavy atom. The van der Waals surface area contributed by atoms with Crippen LogP contribution in [0.1, 0.15) is 42.0 Å². The van der Waals surface area contributed by atoms with Gasteiger partial charge in [-0.3, -0.25) is 0 Å². The Balaban J connectivity index is 1.89. The fourth-order valence-corrected chi connectivity index (χ4v) is 4.93. The fourth-order valence-electron chi connectivity index (χ4n) is 3.36. The topological polar surface area (TPSA) is 72.9 Å². The predicted octanol–water partition coefficient (Wildman–Crippen LogP) is 3.90. The highest BCUT2D eigenvalue weighted by Crippen LogP contribution is 2.36. The second-order valence-electron chi connectivity index (χ2n) is 7.18. The first-order valence-electron chi connectivity index (χ1n) is 10.00. The number of nitrogens with zero attached hydrogens (tertiary/aromatic N) is 1. The van der Waals surface area contributed by atoms with Crippen LogP contribution in [0, 0.1) is 0 Å². The summed E-state index contributed by atoms with van der Waals surface area (Å²) in [6.45, 7) is 2.91. The van der Waals surface area contributed by atoms with Gasteiger partial charge in [-0.05, 0) is 35.3 Å². The van der Waals surface area contributed by atoms with E-state index in [1.807, 2.05) is 49.4 Å². The highest BCUT2D eigenvalue weighted by Gasteiger charge is 2.32. The third kappa shape index (κ3) is 5.29. The van der Waals surface area contributed by atoms with E-state index < -0.39 is 16.0 Å². The molecule has 0 bridgehead atoms. The van der Waals surface area contributed by atoms with Crippen LogP contribution in [0.3, 0.4) is 0 Å². The van der Waals surface area contributed by atoms with Gasteiger partial charge in [0.25, 0.3) is 0 Å². The summed E-state index contributed by atoms with van der Waals surface area (Å²) in [5.74, 6) is 0.334. The van der Waals surface area contributed by atoms with E-state index in [1.54, 1.807) is 6.08 Å². The predicted molar refractivity (Wildman–Crippen MR) is 116 cm³/mol. The summed E-state index contributed by atoms with van der Waals surface area (Å²) in [5, 5.41) is 0. The summed E-state index contributed by atoms with van der Waals surface area (Å²) in [6.07, 6.45) is 4.45. The van der Waals surface area contributed by atoms with Crippen LogP contribution in [-0.2, 0) is 39.3 Å². The molecule has 0 saturated carbocycles. The Morgan fingerprint density at radius 3 is 2.53 bits per heavy atom. The van der Waals surface area contributed by atoms with Crippen molar-refractivity contribution in [3.63, 3.8) is 0 Å². The number of carbonyl (C=O) groups excluding carboxylic acids is 1. The van der Waals surface area contributed by atoms with Crippen LogP contribution in [0.5, 0.6) is 5.75 Å². The van der Waals surface area contributed by atoms with E-state index in [-0.39, 0.29) is 18.8 Å². The molecule has 0 radical (unpaired) electrons. The zero-order chi connectivity index (χ0) is 21.6. The van der Waals surface area contributed by atoms with Gasteiger partial charge in [-0.25, -0.2) is 13.2 Å². The van der Waals surface area contributed by atoms with Crippen molar-refractivity contribution in [3.8, 4) is 5.75 Å². The van der Waals surface area contributed by atoms with E-state index in [0.29, 0.717) is 18.8 Å². The Bertz CT molecular complexity index is 1020. The first-order chi connectivity index (χ1) is 14.4. The molecule has 0 spiro atoms. The monoisotopic (exact) mass is 429 g/mol. The molecule has 0 saturated heterocycles. The molecular formula is C23H27NO5S. The highest BCUT2D eigenvalue weighted by molar-refractivity contribution is 7.89. The summed E-state index contributed by atoms with van der Waals surface area (Å²) < 4.78 is 37.7. The van der Waals surface area contributed by atoms with Gasteiger partial charge >= 0.3 is 5.97 Å². The van der Waals surface area contributed by atoms with E-state index in [9.17, 15) is 13.2 Å². The maximum atomic E-state index is 12.8. The van der Waals surface area contributed by atoms with Gasteiger partial charge < -0.3 is 9.47 Å². The molecule has 2 aromatic rings. The largest absolute Gasteiger partial charge is 0.489 e. The van der Waals surface area contributed by atoms with Crippen molar-refractivity contribution in [2.75, 3.05) is 12.9 Å². The van der Waals surface area contributed by atoms with Crippen LogP contribution in [-0.4, -0.2) is 31.6 Å². The van der Waals surface area contributed by atoms with Crippen molar-refractivity contribution < 1.29 is 22.7 Å². The van der Waals surface area contributed by atoms with Gasteiger partial charge in [-0.1, -0.05) is 49.7 Å². The molecule has 0 N–H and O–H groups in total. The van der Waals surface area contributed by atoms with Crippen LogP contribution in [0.2, 0.25) is 0 Å². The molecule has 3 rings (SSSR count). The van der Waals surface area contributed by atoms with Gasteiger partial charge in [0.2, 0.25) is 10.0 Å². The Labute approximate surface area is 178 Å². The van der Waals surface area contributed by atoms with Crippen LogP contribution < -0.4 is 4.74 Å². The SMILES string of the molecule is CCCCS(=O)(=O)N1Cc2c(C=CC(=O)OC)ccc(OCc3ccccc3)c2C1. The van der Waals surface area contributed by atoms with Gasteiger partial charge in [0.15, 0.2) is 0 Å². The molecule has 6 nitrogen and oxygen atoms in total. The lowest BCUT2D eigenvalue weighted by Crippen LogP contribution is -2.28. The second-order valence-corrected chi connectivity index (χ2v) is 9.27. The lowest BCUT2D eigenvalue weighted by atomic mass is 10.0. The summed E-state index contributed by atoms with van der Waals surface area (Å²) in [7, 11) is -2.05. The number of esters is 1. The highest BCUT2D eigenvalue weighted by atomic mass is 32.2. The van der Waals surface area contributed by atoms with E-state index in [1.165, 1.54) is 17.5 Å². The number of unbranched alkanes of at least 4 members (excludes halogenated alkanes) is 1. The lowest BCUT2D eigenvalue weighted by Gasteiger charge is -2.15. The van der Waals surface area contributed by atoms with Crippen LogP contribution >= 0.6 is 0 Å². The standard InChI is InChI=1S/C23H27NO5S/c1-3-4-14-30(26,27)24-15-20-19(11-13-23(25)28-2)10-12-22(21(20)16-24)29-17-18-8-6-5-7-9-18/h5-13H,3-4,14-17H2,1-2H3. The Morgan fingerprint density at radius 1 is 1.10 bits per heavy atom. The lowest BCUT2D eigenvalue weighted by molar-refractivity contribution is -0.134. The molecule has 0 aromatic heterocycles. The van der Waals surface area contributed by atoms with E-state index in [4.69, 9.17) is 4.74 Å². The third-order valence-electron chi connectivity index (χ3n) is 5.08. The molecule has 0 aliphatic carbocycles. The molecular weight excluding hydrogens is 402 g/mol. The van der Waals surface area contributed by atoms with Crippen molar-refractivity contribution in [3.05, 3.63) is 70.8 Å². The number of rotatable bonds is 9. The van der Waals surface area contributed by atoms with E-state index >= 15 is 0 Å². The number of methoxy groups -OCH3 is 1. The molecule has 30 heavy (non-hydrogen) atoms. The molecule has 2 aromatic carbocycles. The maximum Gasteiger partial charge on any atom is 0.330 e. The van der Waals surface area contributed by atoms with Crippen LogP contribution in [0.4, 0.5) is 0 Å². The number of hydrogen-bond donors (Lipinski definition) is 0. The minimum atomic E-state index is -3.36. The molecule has 0 amide bonds. The number of fused-ring (bicyclic) bond motifs is 1. The van der Waals surface area contributed by atoms with Crippen molar-refractivity contribution >= 4 is 22.1 Å². The average molecular weight is 430 g/mol. The van der Waals surface area contributed by atoms with Crippen LogP contribution in [0.25, 0.3) is 6.08 Å². The van der Waals surface area contributed by atoms with Crippen molar-refractivity contribution in [2.45, 2.75) is 39.5 Å². The number of hydrogen-bond acceptors (Lipinski definition) is 5. The smallest absolute Gasteiger partial charge is 0.330 e. The fraction of sp³-hybridized carbons (Fsp3) is 0.348. The molecule has 0 atom stereocenters. The zero-order valence-corrected chi connectivity index (χ0v) is 18.2. The first-order valence-corrected chi connectivity index (χ1v) is 11.6. The summed E-state index contributed by atoms with van der Waals surface area (Å²) >= 11 is 0. The average Bonchev–Trinajstić information content (AvgIpc) is 3.22. The Hall–Kier alpha value is -2.64. The van der Waals surface area contributed by atoms with Crippen molar-refractivity contribution in [1.82, 2.24) is 4.31 Å². The van der Waals surface area contributed by atoms with Gasteiger partial charge in [-0.2, -0.15) is 4.31 Å². The normalized spacial score (nSPS) is 14.1. The number of carbonyl (C=O) groups is 1. The van der Waals surface area contributed by atoms with Gasteiger partial charge in [0, 0.05) is 24.7 Å². The van der Waals surface area contributed by atoms with Crippen LogP contribution in [0.15, 0.2) is 48.5 Å². The number of benzene rings is 2. The molecule has 0 unspecified atom stereocenters. The summed E-state index contributed by atoms with van der Waals surface area (Å²) in [4.78, 5) is 11.5. The molecule has 0 fully saturated rings. The maximum absolute atomic E-state index is 12.8. The molecule has 1 aliphatic heterocycles. The number of sulfonamides is 1. The second kappa shape index (κ2) is 9.91. The molecule has 1 heterocycles. The molecule has 7 heteroatoms. The van der Waals surface area contributed by atoms with Gasteiger partial charge in [0.1, 0.15) is 12.4 Å². The van der Waals surface area contributed by atoms with Gasteiger partial charge in [-0.15, -0.1) is 0 Å². The van der Waals surface area contributed by atoms with Gasteiger partial charge in [0.05, 0.1) is 12.9 Å². The third-order valence-corrected chi connectivity index (χ3v) is 6.93. The number of ether oxygens (including phenoxy) is 2. The van der Waals surface area contributed by atoms with Crippen molar-refractivity contribution in [2.24, 2.45) is 0 Å².